The Morgan fingerprint density at radius 2 is 1.73 bits per heavy atom. The summed E-state index contributed by atoms with van der Waals surface area (Å²) in [6, 6.07) is 0. The standard InChI is InChI=1S/C7H16O3Si/c1-6-7(2)10-11(5,8-3)9-4/h6H,1-5H3. The molecule has 11 heavy (non-hydrogen) atoms. The molecule has 0 atom stereocenters. The van der Waals surface area contributed by atoms with Crippen molar-refractivity contribution in [3.63, 3.8) is 0 Å². The SMILES string of the molecule is CC=C(C)O[Si](C)(OC)OC. The molecule has 0 heterocycles. The Balaban J connectivity index is 4.08. The van der Waals surface area contributed by atoms with E-state index in [2.05, 4.69) is 0 Å². The topological polar surface area (TPSA) is 27.7 Å². The van der Waals surface area contributed by atoms with Crippen LogP contribution in [-0.2, 0) is 13.3 Å². The van der Waals surface area contributed by atoms with Crippen molar-refractivity contribution in [1.82, 2.24) is 0 Å². The third-order valence-electron chi connectivity index (χ3n) is 1.49. The zero-order chi connectivity index (χ0) is 8.91. The molecule has 0 rings (SSSR count). The van der Waals surface area contributed by atoms with E-state index in [1.165, 1.54) is 0 Å². The van der Waals surface area contributed by atoms with Gasteiger partial charge in [-0.1, -0.05) is 6.08 Å². The lowest BCUT2D eigenvalue weighted by atomic mass is 10.5. The molecule has 4 heteroatoms. The minimum atomic E-state index is -2.35. The van der Waals surface area contributed by atoms with Gasteiger partial charge in [0.25, 0.3) is 0 Å². The lowest BCUT2D eigenvalue weighted by Crippen LogP contribution is -2.39. The molecule has 0 amide bonds. The van der Waals surface area contributed by atoms with Crippen molar-refractivity contribution in [3.05, 3.63) is 11.8 Å². The maximum atomic E-state index is 5.44. The van der Waals surface area contributed by atoms with Gasteiger partial charge in [-0.05, 0) is 13.8 Å². The van der Waals surface area contributed by atoms with Crippen molar-refractivity contribution >= 4 is 8.80 Å². The third-order valence-corrected chi connectivity index (χ3v) is 3.67. The smallest absolute Gasteiger partial charge is 0.505 e. The van der Waals surface area contributed by atoms with Crippen LogP contribution in [0.5, 0.6) is 0 Å². The molecule has 0 spiro atoms. The van der Waals surface area contributed by atoms with E-state index in [0.29, 0.717) is 0 Å². The van der Waals surface area contributed by atoms with Crippen LogP contribution in [0.4, 0.5) is 0 Å². The molecule has 0 saturated heterocycles. The quantitative estimate of drug-likeness (QED) is 0.483. The molecule has 0 aromatic rings. The van der Waals surface area contributed by atoms with Gasteiger partial charge in [0.2, 0.25) is 0 Å². The van der Waals surface area contributed by atoms with Crippen molar-refractivity contribution < 1.29 is 13.3 Å². The molecule has 0 aromatic heterocycles. The van der Waals surface area contributed by atoms with Gasteiger partial charge in [-0.15, -0.1) is 0 Å². The lowest BCUT2D eigenvalue weighted by molar-refractivity contribution is 0.138. The lowest BCUT2D eigenvalue weighted by Gasteiger charge is -2.22. The van der Waals surface area contributed by atoms with Crippen molar-refractivity contribution in [2.75, 3.05) is 14.2 Å². The zero-order valence-corrected chi connectivity index (χ0v) is 8.80. The largest absolute Gasteiger partial charge is 0.561 e. The second kappa shape index (κ2) is 4.53. The highest BCUT2D eigenvalue weighted by molar-refractivity contribution is 6.59. The van der Waals surface area contributed by atoms with E-state index in [0.717, 1.165) is 5.76 Å². The summed E-state index contributed by atoms with van der Waals surface area (Å²) in [5.41, 5.74) is 0. The fraction of sp³-hybridized carbons (Fsp3) is 0.714. The first-order valence-electron chi connectivity index (χ1n) is 3.50. The summed E-state index contributed by atoms with van der Waals surface area (Å²) in [6.45, 7) is 5.64. The number of hydrogen-bond acceptors (Lipinski definition) is 3. The summed E-state index contributed by atoms with van der Waals surface area (Å²) in [7, 11) is 0.842. The zero-order valence-electron chi connectivity index (χ0n) is 7.80. The summed E-state index contributed by atoms with van der Waals surface area (Å²) in [4.78, 5) is 0. The maximum Gasteiger partial charge on any atom is 0.561 e. The summed E-state index contributed by atoms with van der Waals surface area (Å²) < 4.78 is 15.7. The van der Waals surface area contributed by atoms with Crippen LogP contribution in [0.3, 0.4) is 0 Å². The predicted octanol–water partition coefficient (Wildman–Crippen LogP) is 1.79. The molecule has 0 aliphatic carbocycles. The molecule has 0 fully saturated rings. The molecule has 0 aromatic carbocycles. The fourth-order valence-electron chi connectivity index (χ4n) is 0.518. The third kappa shape index (κ3) is 3.55. The average Bonchev–Trinajstić information content (AvgIpc) is 2.04. The molecule has 0 aliphatic heterocycles. The normalized spacial score (nSPS) is 13.4. The Hall–Kier alpha value is -0.323. The first kappa shape index (κ1) is 10.7. The summed E-state index contributed by atoms with van der Waals surface area (Å²) in [6.07, 6.45) is 1.88. The van der Waals surface area contributed by atoms with Crippen LogP contribution in [0.2, 0.25) is 6.55 Å². The Morgan fingerprint density at radius 1 is 1.27 bits per heavy atom. The Kier molecular flexibility index (Phi) is 4.40. The van der Waals surface area contributed by atoms with Crippen LogP contribution < -0.4 is 0 Å². The van der Waals surface area contributed by atoms with E-state index in [1.807, 2.05) is 26.5 Å². The van der Waals surface area contributed by atoms with E-state index in [-0.39, 0.29) is 0 Å². The Bertz CT molecular complexity index is 141. The van der Waals surface area contributed by atoms with Gasteiger partial charge in [-0.3, -0.25) is 0 Å². The molecule has 0 radical (unpaired) electrons. The van der Waals surface area contributed by atoms with Crippen molar-refractivity contribution in [2.45, 2.75) is 20.4 Å². The second-order valence-electron chi connectivity index (χ2n) is 2.27. The van der Waals surface area contributed by atoms with E-state index in [4.69, 9.17) is 13.3 Å². The number of rotatable bonds is 4. The monoisotopic (exact) mass is 176 g/mol. The van der Waals surface area contributed by atoms with E-state index in [9.17, 15) is 0 Å². The molecule has 0 bridgehead atoms. The minimum Gasteiger partial charge on any atom is -0.505 e. The number of allylic oxidation sites excluding steroid dienone is 2. The predicted molar refractivity (Wildman–Crippen MR) is 46.2 cm³/mol. The summed E-state index contributed by atoms with van der Waals surface area (Å²) in [5, 5.41) is 0. The highest BCUT2D eigenvalue weighted by Gasteiger charge is 2.34. The molecular formula is C7H16O3Si. The first-order chi connectivity index (χ1) is 5.08. The average molecular weight is 176 g/mol. The minimum absolute atomic E-state index is 0.836. The van der Waals surface area contributed by atoms with Crippen LogP contribution in [0.15, 0.2) is 11.8 Å². The second-order valence-corrected chi connectivity index (χ2v) is 5.02. The molecule has 0 unspecified atom stereocenters. The van der Waals surface area contributed by atoms with Gasteiger partial charge < -0.3 is 13.3 Å². The van der Waals surface area contributed by atoms with Crippen LogP contribution in [0.1, 0.15) is 13.8 Å². The van der Waals surface area contributed by atoms with Gasteiger partial charge in [-0.25, -0.2) is 0 Å². The molecule has 3 nitrogen and oxygen atoms in total. The van der Waals surface area contributed by atoms with Gasteiger partial charge >= 0.3 is 8.80 Å². The van der Waals surface area contributed by atoms with Crippen molar-refractivity contribution in [3.8, 4) is 0 Å². The van der Waals surface area contributed by atoms with Gasteiger partial charge in [0, 0.05) is 20.8 Å². The van der Waals surface area contributed by atoms with Crippen LogP contribution in [0.25, 0.3) is 0 Å². The highest BCUT2D eigenvalue weighted by Crippen LogP contribution is 2.11. The Labute approximate surface area is 69.3 Å². The van der Waals surface area contributed by atoms with E-state index >= 15 is 0 Å². The van der Waals surface area contributed by atoms with Crippen LogP contribution in [0, 0.1) is 0 Å². The first-order valence-corrected chi connectivity index (χ1v) is 5.72. The Morgan fingerprint density at radius 3 is 2.00 bits per heavy atom. The molecular weight excluding hydrogens is 160 g/mol. The van der Waals surface area contributed by atoms with Gasteiger partial charge in [0.05, 0.1) is 5.76 Å². The number of hydrogen-bond donors (Lipinski definition) is 0. The van der Waals surface area contributed by atoms with Crippen molar-refractivity contribution in [2.24, 2.45) is 0 Å². The van der Waals surface area contributed by atoms with Gasteiger partial charge in [-0.2, -0.15) is 0 Å². The molecule has 0 saturated carbocycles. The molecule has 0 aliphatic rings. The fourth-order valence-corrected chi connectivity index (χ4v) is 1.55. The molecule has 66 valence electrons. The maximum absolute atomic E-state index is 5.44. The van der Waals surface area contributed by atoms with Gasteiger partial charge in [0.15, 0.2) is 0 Å². The van der Waals surface area contributed by atoms with Gasteiger partial charge in [0.1, 0.15) is 0 Å². The summed E-state index contributed by atoms with van der Waals surface area (Å²) >= 11 is 0. The van der Waals surface area contributed by atoms with Crippen LogP contribution in [-0.4, -0.2) is 23.0 Å². The highest BCUT2D eigenvalue weighted by atomic mass is 28.4. The molecule has 0 N–H and O–H groups in total. The van der Waals surface area contributed by atoms with E-state index < -0.39 is 8.80 Å². The van der Waals surface area contributed by atoms with Crippen LogP contribution >= 0.6 is 0 Å². The van der Waals surface area contributed by atoms with Crippen molar-refractivity contribution in [1.29, 1.82) is 0 Å². The van der Waals surface area contributed by atoms with E-state index in [1.54, 1.807) is 14.2 Å². The summed E-state index contributed by atoms with van der Waals surface area (Å²) in [5.74, 6) is 0.836.